The molecule has 1 amide bonds. The normalized spacial score (nSPS) is 10.7. The summed E-state index contributed by atoms with van der Waals surface area (Å²) < 4.78 is 2.05. The largest absolute Gasteiger partial charge is 0.325 e. The Bertz CT molecular complexity index is 646. The van der Waals surface area contributed by atoms with E-state index < -0.39 is 0 Å². The van der Waals surface area contributed by atoms with Crippen LogP contribution in [0.25, 0.3) is 0 Å². The van der Waals surface area contributed by atoms with Gasteiger partial charge in [-0.2, -0.15) is 0 Å². The molecule has 1 heterocycles. The summed E-state index contributed by atoms with van der Waals surface area (Å²) in [7, 11) is 0. The average Bonchev–Trinajstić information content (AvgIpc) is 2.91. The predicted octanol–water partition coefficient (Wildman–Crippen LogP) is 3.21. The number of carbonyl (C=O) groups excluding carboxylic acids is 1. The van der Waals surface area contributed by atoms with Crippen molar-refractivity contribution in [3.8, 4) is 0 Å². The van der Waals surface area contributed by atoms with Crippen LogP contribution in [0.4, 0.5) is 5.69 Å². The first kappa shape index (κ1) is 16.5. The van der Waals surface area contributed by atoms with E-state index in [0.29, 0.717) is 5.75 Å². The number of hydrogen-bond donors (Lipinski definition) is 1. The summed E-state index contributed by atoms with van der Waals surface area (Å²) in [5.74, 6) is 1.27. The van der Waals surface area contributed by atoms with Crippen LogP contribution in [-0.2, 0) is 17.8 Å². The van der Waals surface area contributed by atoms with E-state index in [4.69, 9.17) is 0 Å². The van der Waals surface area contributed by atoms with E-state index >= 15 is 0 Å². The smallest absolute Gasteiger partial charge is 0.234 e. The number of para-hydroxylation sites is 1. The zero-order chi connectivity index (χ0) is 16.1. The van der Waals surface area contributed by atoms with Crippen molar-refractivity contribution in [2.45, 2.75) is 45.8 Å². The van der Waals surface area contributed by atoms with Gasteiger partial charge >= 0.3 is 0 Å². The topological polar surface area (TPSA) is 59.8 Å². The van der Waals surface area contributed by atoms with Gasteiger partial charge < -0.3 is 9.88 Å². The molecule has 0 spiro atoms. The Kier molecular flexibility index (Phi) is 5.60. The van der Waals surface area contributed by atoms with Crippen molar-refractivity contribution in [1.29, 1.82) is 0 Å². The fourth-order valence-electron chi connectivity index (χ4n) is 2.32. The van der Waals surface area contributed by atoms with Gasteiger partial charge in [0.15, 0.2) is 5.16 Å². The molecule has 0 atom stereocenters. The van der Waals surface area contributed by atoms with Crippen LogP contribution in [0.1, 0.15) is 30.8 Å². The van der Waals surface area contributed by atoms with Crippen LogP contribution in [0.3, 0.4) is 0 Å². The number of nitrogens with zero attached hydrogens (tertiary/aromatic N) is 3. The first-order valence-electron chi connectivity index (χ1n) is 7.47. The molecule has 0 unspecified atom stereocenters. The molecular weight excluding hydrogens is 296 g/mol. The molecular formula is C16H22N4OS. The Hall–Kier alpha value is -1.82. The summed E-state index contributed by atoms with van der Waals surface area (Å²) in [6.07, 6.45) is 0.843. The summed E-state index contributed by atoms with van der Waals surface area (Å²) in [5.41, 5.74) is 3.05. The number of carbonyl (C=O) groups is 1. The van der Waals surface area contributed by atoms with Gasteiger partial charge in [-0.1, -0.05) is 36.9 Å². The van der Waals surface area contributed by atoms with Gasteiger partial charge in [0.2, 0.25) is 5.91 Å². The monoisotopic (exact) mass is 318 g/mol. The molecule has 0 radical (unpaired) electrons. The number of hydrogen-bond acceptors (Lipinski definition) is 4. The van der Waals surface area contributed by atoms with Crippen LogP contribution in [0.15, 0.2) is 23.4 Å². The standard InChI is InChI=1S/C16H22N4OS/c1-5-13-18-19-16(20(13)6-2)22-10-14(21)17-15-11(3)8-7-9-12(15)4/h7-9H,5-6,10H2,1-4H3,(H,17,21). The maximum absolute atomic E-state index is 12.2. The molecule has 1 aromatic heterocycles. The van der Waals surface area contributed by atoms with Crippen molar-refractivity contribution >= 4 is 23.4 Å². The molecule has 2 aromatic rings. The van der Waals surface area contributed by atoms with Crippen LogP contribution < -0.4 is 5.32 Å². The van der Waals surface area contributed by atoms with E-state index in [9.17, 15) is 4.79 Å². The number of nitrogens with one attached hydrogen (secondary N) is 1. The molecule has 0 saturated carbocycles. The SMILES string of the molecule is CCc1nnc(SCC(=O)Nc2c(C)cccc2C)n1CC. The lowest BCUT2D eigenvalue weighted by Gasteiger charge is -2.11. The van der Waals surface area contributed by atoms with Gasteiger partial charge in [0, 0.05) is 18.7 Å². The number of aromatic nitrogens is 3. The lowest BCUT2D eigenvalue weighted by molar-refractivity contribution is -0.113. The van der Waals surface area contributed by atoms with Crippen molar-refractivity contribution in [3.63, 3.8) is 0 Å². The van der Waals surface area contributed by atoms with Gasteiger partial charge in [-0.05, 0) is 31.9 Å². The average molecular weight is 318 g/mol. The van der Waals surface area contributed by atoms with E-state index in [1.54, 1.807) is 0 Å². The molecule has 2 rings (SSSR count). The summed E-state index contributed by atoms with van der Waals surface area (Å²) in [5, 5.41) is 12.1. The van der Waals surface area contributed by atoms with Gasteiger partial charge in [0.05, 0.1) is 5.75 Å². The molecule has 5 nitrogen and oxygen atoms in total. The number of aryl methyl sites for hydroxylation is 3. The minimum Gasteiger partial charge on any atom is -0.325 e. The fourth-order valence-corrected chi connectivity index (χ4v) is 3.14. The summed E-state index contributed by atoms with van der Waals surface area (Å²) >= 11 is 1.42. The molecule has 0 fully saturated rings. The Morgan fingerprint density at radius 1 is 1.23 bits per heavy atom. The third-order valence-corrected chi connectivity index (χ3v) is 4.47. The Morgan fingerprint density at radius 3 is 2.50 bits per heavy atom. The Morgan fingerprint density at radius 2 is 1.91 bits per heavy atom. The zero-order valence-electron chi connectivity index (χ0n) is 13.5. The summed E-state index contributed by atoms with van der Waals surface area (Å²) in [4.78, 5) is 12.2. The molecule has 0 aliphatic rings. The fraction of sp³-hybridized carbons (Fsp3) is 0.438. The molecule has 1 N–H and O–H groups in total. The quantitative estimate of drug-likeness (QED) is 0.831. The summed E-state index contributed by atoms with van der Waals surface area (Å²) in [6.45, 7) is 8.92. The second-order valence-corrected chi connectivity index (χ2v) is 6.04. The van der Waals surface area contributed by atoms with Crippen LogP contribution >= 0.6 is 11.8 Å². The van der Waals surface area contributed by atoms with Gasteiger partial charge in [-0.15, -0.1) is 10.2 Å². The first-order valence-corrected chi connectivity index (χ1v) is 8.46. The van der Waals surface area contributed by atoms with E-state index in [-0.39, 0.29) is 5.91 Å². The van der Waals surface area contributed by atoms with E-state index in [1.807, 2.05) is 32.0 Å². The van der Waals surface area contributed by atoms with Crippen LogP contribution in [0.2, 0.25) is 0 Å². The Labute approximate surface area is 135 Å². The maximum Gasteiger partial charge on any atom is 0.234 e. The van der Waals surface area contributed by atoms with Crippen molar-refractivity contribution in [3.05, 3.63) is 35.2 Å². The van der Waals surface area contributed by atoms with Crippen LogP contribution in [-0.4, -0.2) is 26.4 Å². The summed E-state index contributed by atoms with van der Waals surface area (Å²) in [6, 6.07) is 5.99. The highest BCUT2D eigenvalue weighted by Gasteiger charge is 2.13. The molecule has 1 aromatic carbocycles. The zero-order valence-corrected chi connectivity index (χ0v) is 14.3. The van der Waals surface area contributed by atoms with Gasteiger partial charge in [0.25, 0.3) is 0 Å². The number of benzene rings is 1. The number of thioether (sulfide) groups is 1. The second-order valence-electron chi connectivity index (χ2n) is 5.10. The van der Waals surface area contributed by atoms with E-state index in [1.165, 1.54) is 11.8 Å². The predicted molar refractivity (Wildman–Crippen MR) is 90.3 cm³/mol. The lowest BCUT2D eigenvalue weighted by atomic mass is 10.1. The molecule has 0 aliphatic carbocycles. The minimum absolute atomic E-state index is 0.0221. The van der Waals surface area contributed by atoms with Crippen LogP contribution in [0, 0.1) is 13.8 Å². The van der Waals surface area contributed by atoms with Crippen molar-refractivity contribution in [2.75, 3.05) is 11.1 Å². The van der Waals surface area contributed by atoms with Gasteiger partial charge in [-0.25, -0.2) is 0 Å². The van der Waals surface area contributed by atoms with Gasteiger partial charge in [-0.3, -0.25) is 4.79 Å². The number of rotatable bonds is 6. The maximum atomic E-state index is 12.2. The molecule has 6 heteroatoms. The number of amides is 1. The van der Waals surface area contributed by atoms with Crippen molar-refractivity contribution < 1.29 is 4.79 Å². The first-order chi connectivity index (χ1) is 10.6. The van der Waals surface area contributed by atoms with Gasteiger partial charge in [0.1, 0.15) is 5.82 Å². The second kappa shape index (κ2) is 7.45. The lowest BCUT2D eigenvalue weighted by Crippen LogP contribution is -2.16. The molecule has 0 bridgehead atoms. The highest BCUT2D eigenvalue weighted by Crippen LogP contribution is 2.21. The highest BCUT2D eigenvalue weighted by atomic mass is 32.2. The molecule has 118 valence electrons. The third-order valence-electron chi connectivity index (χ3n) is 3.50. The molecule has 0 aliphatic heterocycles. The number of anilines is 1. The van der Waals surface area contributed by atoms with Crippen molar-refractivity contribution in [1.82, 2.24) is 14.8 Å². The van der Waals surface area contributed by atoms with E-state index in [2.05, 4.69) is 33.9 Å². The molecule has 22 heavy (non-hydrogen) atoms. The molecule has 0 saturated heterocycles. The third kappa shape index (κ3) is 3.68. The minimum atomic E-state index is -0.0221. The van der Waals surface area contributed by atoms with Crippen molar-refractivity contribution in [2.24, 2.45) is 0 Å². The Balaban J connectivity index is 2.00. The highest BCUT2D eigenvalue weighted by molar-refractivity contribution is 7.99. The van der Waals surface area contributed by atoms with E-state index in [0.717, 1.165) is 40.8 Å². The van der Waals surface area contributed by atoms with Crippen LogP contribution in [0.5, 0.6) is 0 Å².